The van der Waals surface area contributed by atoms with Crippen LogP contribution in [0.5, 0.6) is 0 Å². The minimum Gasteiger partial charge on any atom is -0.394 e. The summed E-state index contributed by atoms with van der Waals surface area (Å²) in [5.41, 5.74) is 1.05. The summed E-state index contributed by atoms with van der Waals surface area (Å²) in [5, 5.41) is 10.3. The Balaban J connectivity index is 1.73. The minimum atomic E-state index is -0.461. The van der Waals surface area contributed by atoms with Gasteiger partial charge in [-0.1, -0.05) is 36.2 Å². The summed E-state index contributed by atoms with van der Waals surface area (Å²) in [6.07, 6.45) is 5.71. The first-order chi connectivity index (χ1) is 9.72. The third-order valence-corrected chi connectivity index (χ3v) is 4.69. The van der Waals surface area contributed by atoms with E-state index in [1.807, 2.05) is 24.3 Å². The molecule has 1 spiro atoms. The largest absolute Gasteiger partial charge is 0.394 e. The minimum absolute atomic E-state index is 0.00311. The SMILES string of the molecule is OCC1OC2(CCCCC2)OC1Cc1ccccc1Cl. The lowest BCUT2D eigenvalue weighted by atomic mass is 9.94. The normalized spacial score (nSPS) is 28.9. The molecule has 2 atom stereocenters. The number of rotatable bonds is 3. The third kappa shape index (κ3) is 2.86. The van der Waals surface area contributed by atoms with Gasteiger partial charge in [0.2, 0.25) is 0 Å². The number of hydrogen-bond donors (Lipinski definition) is 1. The van der Waals surface area contributed by atoms with Crippen molar-refractivity contribution in [3.8, 4) is 0 Å². The van der Waals surface area contributed by atoms with Gasteiger partial charge in [0.15, 0.2) is 5.79 Å². The molecule has 3 rings (SSSR count). The van der Waals surface area contributed by atoms with Crippen molar-refractivity contribution < 1.29 is 14.6 Å². The summed E-state index contributed by atoms with van der Waals surface area (Å²) in [6, 6.07) is 7.79. The van der Waals surface area contributed by atoms with Gasteiger partial charge in [0.05, 0.1) is 12.7 Å². The molecule has 1 saturated heterocycles. The number of ether oxygens (including phenoxy) is 2. The van der Waals surface area contributed by atoms with Crippen molar-refractivity contribution in [3.63, 3.8) is 0 Å². The fourth-order valence-electron chi connectivity index (χ4n) is 3.27. The molecule has 1 aliphatic carbocycles. The zero-order valence-electron chi connectivity index (χ0n) is 11.6. The second-order valence-electron chi connectivity index (χ2n) is 5.76. The van der Waals surface area contributed by atoms with Gasteiger partial charge >= 0.3 is 0 Å². The van der Waals surface area contributed by atoms with Gasteiger partial charge in [-0.05, 0) is 24.5 Å². The maximum atomic E-state index is 9.56. The number of halogens is 1. The van der Waals surface area contributed by atoms with Crippen LogP contribution in [0.25, 0.3) is 0 Å². The van der Waals surface area contributed by atoms with Gasteiger partial charge in [-0.15, -0.1) is 0 Å². The average Bonchev–Trinajstić information content (AvgIpc) is 2.79. The van der Waals surface area contributed by atoms with Crippen LogP contribution >= 0.6 is 11.6 Å². The Kier molecular flexibility index (Phi) is 4.32. The van der Waals surface area contributed by atoms with E-state index in [0.29, 0.717) is 6.42 Å². The quantitative estimate of drug-likeness (QED) is 0.930. The molecule has 0 bridgehead atoms. The molecule has 20 heavy (non-hydrogen) atoms. The molecule has 2 unspecified atom stereocenters. The van der Waals surface area contributed by atoms with Gasteiger partial charge in [-0.3, -0.25) is 0 Å². The van der Waals surface area contributed by atoms with E-state index in [1.165, 1.54) is 6.42 Å². The van der Waals surface area contributed by atoms with Gasteiger partial charge in [0.1, 0.15) is 6.10 Å². The second kappa shape index (κ2) is 6.02. The predicted octanol–water partition coefficient (Wildman–Crippen LogP) is 3.32. The molecule has 1 heterocycles. The summed E-state index contributed by atoms with van der Waals surface area (Å²) in [4.78, 5) is 0. The highest BCUT2D eigenvalue weighted by atomic mass is 35.5. The van der Waals surface area contributed by atoms with Crippen molar-refractivity contribution in [1.29, 1.82) is 0 Å². The number of aliphatic hydroxyl groups excluding tert-OH is 1. The Morgan fingerprint density at radius 1 is 1.10 bits per heavy atom. The summed E-state index contributed by atoms with van der Waals surface area (Å²) in [5.74, 6) is -0.461. The fourth-order valence-corrected chi connectivity index (χ4v) is 3.48. The first kappa shape index (κ1) is 14.3. The van der Waals surface area contributed by atoms with E-state index in [4.69, 9.17) is 21.1 Å². The van der Waals surface area contributed by atoms with E-state index >= 15 is 0 Å². The van der Waals surface area contributed by atoms with Crippen molar-refractivity contribution in [1.82, 2.24) is 0 Å². The van der Waals surface area contributed by atoms with Crippen molar-refractivity contribution in [2.24, 2.45) is 0 Å². The van der Waals surface area contributed by atoms with Crippen molar-refractivity contribution in [2.45, 2.75) is 56.5 Å². The summed E-state index contributed by atoms with van der Waals surface area (Å²) >= 11 is 6.21. The maximum absolute atomic E-state index is 9.56. The Labute approximate surface area is 124 Å². The van der Waals surface area contributed by atoms with Gasteiger partial charge in [0, 0.05) is 24.3 Å². The molecule has 1 aromatic carbocycles. The van der Waals surface area contributed by atoms with Crippen LogP contribution in [0.15, 0.2) is 24.3 Å². The Hall–Kier alpha value is -0.610. The fraction of sp³-hybridized carbons (Fsp3) is 0.625. The zero-order chi connectivity index (χ0) is 14.0. The first-order valence-corrected chi connectivity index (χ1v) is 7.80. The van der Waals surface area contributed by atoms with Crippen LogP contribution in [-0.2, 0) is 15.9 Å². The molecule has 3 nitrogen and oxygen atoms in total. The average molecular weight is 297 g/mol. The van der Waals surface area contributed by atoms with Crippen molar-refractivity contribution >= 4 is 11.6 Å². The monoisotopic (exact) mass is 296 g/mol. The van der Waals surface area contributed by atoms with Gasteiger partial charge in [-0.25, -0.2) is 0 Å². The topological polar surface area (TPSA) is 38.7 Å². The second-order valence-corrected chi connectivity index (χ2v) is 6.17. The van der Waals surface area contributed by atoms with Crippen molar-refractivity contribution in [2.75, 3.05) is 6.61 Å². The molecule has 2 fully saturated rings. The molecule has 2 aliphatic rings. The lowest BCUT2D eigenvalue weighted by Gasteiger charge is -2.32. The van der Waals surface area contributed by atoms with E-state index in [0.717, 1.165) is 36.3 Å². The molecule has 1 saturated carbocycles. The van der Waals surface area contributed by atoms with E-state index < -0.39 is 5.79 Å². The molecule has 4 heteroatoms. The number of benzene rings is 1. The van der Waals surface area contributed by atoms with Crippen LogP contribution in [0.1, 0.15) is 37.7 Å². The van der Waals surface area contributed by atoms with Crippen LogP contribution in [0, 0.1) is 0 Å². The standard InChI is InChI=1S/C16H21ClO3/c17-13-7-3-2-6-12(13)10-14-15(11-18)20-16(19-14)8-4-1-5-9-16/h2-3,6-7,14-15,18H,1,4-5,8-11H2. The predicted molar refractivity (Wildman–Crippen MR) is 77.8 cm³/mol. The van der Waals surface area contributed by atoms with E-state index in [-0.39, 0.29) is 18.8 Å². The van der Waals surface area contributed by atoms with Crippen molar-refractivity contribution in [3.05, 3.63) is 34.9 Å². The molecular formula is C16H21ClO3. The van der Waals surface area contributed by atoms with Crippen LogP contribution in [0.3, 0.4) is 0 Å². The smallest absolute Gasteiger partial charge is 0.169 e. The molecule has 1 N–H and O–H groups in total. The van der Waals surface area contributed by atoms with Gasteiger partial charge in [-0.2, -0.15) is 0 Å². The summed E-state index contributed by atoms with van der Waals surface area (Å²) in [7, 11) is 0. The molecule has 0 aromatic heterocycles. The highest BCUT2D eigenvalue weighted by Gasteiger charge is 2.47. The molecule has 0 radical (unpaired) electrons. The summed E-state index contributed by atoms with van der Waals surface area (Å²) < 4.78 is 12.3. The van der Waals surface area contributed by atoms with Crippen LogP contribution in [0.2, 0.25) is 5.02 Å². The Bertz CT molecular complexity index is 457. The van der Waals surface area contributed by atoms with E-state index in [2.05, 4.69) is 0 Å². The van der Waals surface area contributed by atoms with E-state index in [9.17, 15) is 5.11 Å². The van der Waals surface area contributed by atoms with Gasteiger partial charge in [0.25, 0.3) is 0 Å². The van der Waals surface area contributed by atoms with Crippen LogP contribution in [-0.4, -0.2) is 29.7 Å². The Morgan fingerprint density at radius 2 is 1.80 bits per heavy atom. The number of hydrogen-bond acceptors (Lipinski definition) is 3. The lowest BCUT2D eigenvalue weighted by molar-refractivity contribution is -0.195. The molecular weight excluding hydrogens is 276 g/mol. The van der Waals surface area contributed by atoms with Gasteiger partial charge < -0.3 is 14.6 Å². The highest BCUT2D eigenvalue weighted by Crippen LogP contribution is 2.41. The molecule has 0 amide bonds. The third-order valence-electron chi connectivity index (χ3n) is 4.32. The van der Waals surface area contributed by atoms with E-state index in [1.54, 1.807) is 0 Å². The molecule has 1 aliphatic heterocycles. The first-order valence-electron chi connectivity index (χ1n) is 7.42. The molecule has 1 aromatic rings. The lowest BCUT2D eigenvalue weighted by Crippen LogP contribution is -2.33. The van der Waals surface area contributed by atoms with Crippen LogP contribution in [0.4, 0.5) is 0 Å². The maximum Gasteiger partial charge on any atom is 0.169 e. The Morgan fingerprint density at radius 3 is 2.50 bits per heavy atom. The summed E-state index contributed by atoms with van der Waals surface area (Å²) in [6.45, 7) is -0.00311. The number of aliphatic hydroxyl groups is 1. The highest BCUT2D eigenvalue weighted by molar-refractivity contribution is 6.31. The van der Waals surface area contributed by atoms with Crippen LogP contribution < -0.4 is 0 Å². The molecule has 110 valence electrons. The zero-order valence-corrected chi connectivity index (χ0v) is 12.3.